The first kappa shape index (κ1) is 14.3. The van der Waals surface area contributed by atoms with Crippen LogP contribution in [0, 0.1) is 0 Å². The Hall–Kier alpha value is -1.15. The van der Waals surface area contributed by atoms with E-state index in [0.29, 0.717) is 16.7 Å². The molecule has 2 N–H and O–H groups in total. The Bertz CT molecular complexity index is 670. The Morgan fingerprint density at radius 1 is 1.37 bits per heavy atom. The summed E-state index contributed by atoms with van der Waals surface area (Å²) < 4.78 is 26.5. The first-order chi connectivity index (χ1) is 9.03. The van der Waals surface area contributed by atoms with Crippen molar-refractivity contribution in [3.63, 3.8) is 0 Å². The maximum absolute atomic E-state index is 11.9. The molecule has 1 heterocycles. The van der Waals surface area contributed by atoms with Gasteiger partial charge in [0.2, 0.25) is 10.0 Å². The highest BCUT2D eigenvalue weighted by Gasteiger charge is 2.15. The summed E-state index contributed by atoms with van der Waals surface area (Å²) in [5.41, 5.74) is 0.543. The van der Waals surface area contributed by atoms with Gasteiger partial charge in [-0.25, -0.2) is 18.1 Å². The normalized spacial score (nSPS) is 11.5. The Kier molecular flexibility index (Phi) is 4.41. The van der Waals surface area contributed by atoms with Crippen molar-refractivity contribution in [1.82, 2.24) is 9.71 Å². The quantitative estimate of drug-likeness (QED) is 0.888. The second-order valence-electron chi connectivity index (χ2n) is 3.64. The predicted molar refractivity (Wildman–Crippen MR) is 77.1 cm³/mol. The molecule has 2 rings (SSSR count). The summed E-state index contributed by atoms with van der Waals surface area (Å²) in [4.78, 5) is 5.08. The average Bonchev–Trinajstić information content (AvgIpc) is 2.82. The van der Waals surface area contributed by atoms with Gasteiger partial charge in [-0.15, -0.1) is 11.3 Å². The van der Waals surface area contributed by atoms with Crippen molar-refractivity contribution in [2.75, 3.05) is 12.4 Å². The number of aromatic nitrogens is 1. The molecule has 0 atom stereocenters. The topological polar surface area (TPSA) is 71.1 Å². The third-order valence-corrected chi connectivity index (χ3v) is 5.01. The number of thiazole rings is 1. The van der Waals surface area contributed by atoms with E-state index in [1.807, 2.05) is 0 Å². The molecule has 0 saturated heterocycles. The van der Waals surface area contributed by atoms with Gasteiger partial charge in [0.25, 0.3) is 0 Å². The molecule has 2 aromatic rings. The number of anilines is 1. The molecule has 1 aromatic heterocycles. The maximum atomic E-state index is 11.9. The van der Waals surface area contributed by atoms with Crippen molar-refractivity contribution < 1.29 is 8.42 Å². The highest BCUT2D eigenvalue weighted by atomic mass is 35.5. The fraction of sp³-hybridized carbons (Fsp3) is 0.182. The summed E-state index contributed by atoms with van der Waals surface area (Å²) >= 11 is 7.10. The Morgan fingerprint density at radius 2 is 2.11 bits per heavy atom. The van der Waals surface area contributed by atoms with E-state index in [9.17, 15) is 8.42 Å². The van der Waals surface area contributed by atoms with Crippen LogP contribution < -0.4 is 10.0 Å². The van der Waals surface area contributed by atoms with Gasteiger partial charge in [0.1, 0.15) is 4.90 Å². The Labute approximate surface area is 120 Å². The van der Waals surface area contributed by atoms with Crippen LogP contribution in [-0.4, -0.2) is 20.4 Å². The van der Waals surface area contributed by atoms with Gasteiger partial charge in [0.15, 0.2) is 4.47 Å². The number of sulfonamides is 1. The van der Waals surface area contributed by atoms with Gasteiger partial charge in [0.05, 0.1) is 12.2 Å². The zero-order chi connectivity index (χ0) is 13.9. The molecule has 0 aliphatic heterocycles. The van der Waals surface area contributed by atoms with Crippen LogP contribution in [0.3, 0.4) is 0 Å². The van der Waals surface area contributed by atoms with E-state index in [2.05, 4.69) is 15.0 Å². The molecule has 0 fully saturated rings. The monoisotopic (exact) mass is 317 g/mol. The number of para-hydroxylation sites is 1. The minimum absolute atomic E-state index is 0.216. The van der Waals surface area contributed by atoms with Gasteiger partial charge in [-0.3, -0.25) is 0 Å². The van der Waals surface area contributed by atoms with Crippen molar-refractivity contribution in [3.05, 3.63) is 39.8 Å². The smallest absolute Gasteiger partial charge is 0.242 e. The van der Waals surface area contributed by atoms with E-state index < -0.39 is 10.0 Å². The summed E-state index contributed by atoms with van der Waals surface area (Å²) in [6.07, 6.45) is 1.66. The summed E-state index contributed by atoms with van der Waals surface area (Å²) in [7, 11) is -2.09. The van der Waals surface area contributed by atoms with Gasteiger partial charge in [0, 0.05) is 11.1 Å². The van der Waals surface area contributed by atoms with Crippen LogP contribution in [0.5, 0.6) is 0 Å². The molecule has 0 spiro atoms. The van der Waals surface area contributed by atoms with E-state index in [1.54, 1.807) is 30.5 Å². The van der Waals surface area contributed by atoms with E-state index in [1.165, 1.54) is 18.4 Å². The van der Waals surface area contributed by atoms with Crippen LogP contribution >= 0.6 is 22.9 Å². The number of hydrogen-bond donors (Lipinski definition) is 2. The molecule has 8 heteroatoms. The summed E-state index contributed by atoms with van der Waals surface area (Å²) in [6, 6.07) is 6.72. The number of halogens is 1. The second kappa shape index (κ2) is 5.87. The fourth-order valence-corrected chi connectivity index (χ4v) is 3.33. The minimum Gasteiger partial charge on any atom is -0.379 e. The first-order valence-corrected chi connectivity index (χ1v) is 8.07. The molecule has 102 valence electrons. The van der Waals surface area contributed by atoms with E-state index in [0.717, 1.165) is 4.88 Å². The standard InChI is InChI=1S/C11H12ClN3O2S2/c1-13-19(16,17)10-5-3-2-4-9(10)14-6-8-7-15-11(12)18-8/h2-5,7,13-14H,6H2,1H3. The molecule has 0 aliphatic rings. The third kappa shape index (κ3) is 3.44. The highest BCUT2D eigenvalue weighted by Crippen LogP contribution is 2.23. The van der Waals surface area contributed by atoms with Crippen molar-refractivity contribution in [2.24, 2.45) is 0 Å². The lowest BCUT2D eigenvalue weighted by Gasteiger charge is -2.10. The van der Waals surface area contributed by atoms with Crippen molar-refractivity contribution in [2.45, 2.75) is 11.4 Å². The molecule has 0 radical (unpaired) electrons. The third-order valence-electron chi connectivity index (χ3n) is 2.42. The Morgan fingerprint density at radius 3 is 2.74 bits per heavy atom. The average molecular weight is 318 g/mol. The molecule has 1 aromatic carbocycles. The van der Waals surface area contributed by atoms with Crippen molar-refractivity contribution in [3.8, 4) is 0 Å². The molecule has 0 unspecified atom stereocenters. The lowest BCUT2D eigenvalue weighted by Crippen LogP contribution is -2.20. The van der Waals surface area contributed by atoms with Crippen LogP contribution in [0.2, 0.25) is 4.47 Å². The number of hydrogen-bond acceptors (Lipinski definition) is 5. The van der Waals surface area contributed by atoms with Crippen LogP contribution in [0.4, 0.5) is 5.69 Å². The molecule has 5 nitrogen and oxygen atoms in total. The van der Waals surface area contributed by atoms with Gasteiger partial charge in [-0.2, -0.15) is 0 Å². The summed E-state index contributed by atoms with van der Waals surface area (Å²) in [6.45, 7) is 0.473. The molecule has 19 heavy (non-hydrogen) atoms. The zero-order valence-corrected chi connectivity index (χ0v) is 12.4. The predicted octanol–water partition coefficient (Wildman–Crippen LogP) is 2.32. The number of nitrogens with zero attached hydrogens (tertiary/aromatic N) is 1. The molecular formula is C11H12ClN3O2S2. The van der Waals surface area contributed by atoms with Crippen LogP contribution in [0.25, 0.3) is 0 Å². The van der Waals surface area contributed by atoms with Crippen LogP contribution in [0.15, 0.2) is 35.4 Å². The molecule has 0 aliphatic carbocycles. The van der Waals surface area contributed by atoms with Crippen LogP contribution in [0.1, 0.15) is 4.88 Å². The second-order valence-corrected chi connectivity index (χ2v) is 7.19. The number of rotatable bonds is 5. The van der Waals surface area contributed by atoms with Gasteiger partial charge in [-0.05, 0) is 19.2 Å². The summed E-state index contributed by atoms with van der Waals surface area (Å²) in [5, 5.41) is 3.08. The molecule has 0 amide bonds. The maximum Gasteiger partial charge on any atom is 0.242 e. The molecular weight excluding hydrogens is 306 g/mol. The zero-order valence-electron chi connectivity index (χ0n) is 10.1. The summed E-state index contributed by atoms with van der Waals surface area (Å²) in [5.74, 6) is 0. The van der Waals surface area contributed by atoms with E-state index in [-0.39, 0.29) is 4.90 Å². The molecule has 0 saturated carbocycles. The van der Waals surface area contributed by atoms with Crippen LogP contribution in [-0.2, 0) is 16.6 Å². The lowest BCUT2D eigenvalue weighted by atomic mass is 10.3. The highest BCUT2D eigenvalue weighted by molar-refractivity contribution is 7.89. The SMILES string of the molecule is CNS(=O)(=O)c1ccccc1NCc1cnc(Cl)s1. The van der Waals surface area contributed by atoms with Crippen molar-refractivity contribution in [1.29, 1.82) is 0 Å². The van der Waals surface area contributed by atoms with Gasteiger partial charge >= 0.3 is 0 Å². The number of nitrogens with one attached hydrogen (secondary N) is 2. The van der Waals surface area contributed by atoms with Gasteiger partial charge < -0.3 is 5.32 Å². The first-order valence-electron chi connectivity index (χ1n) is 5.39. The van der Waals surface area contributed by atoms with Crippen molar-refractivity contribution >= 4 is 38.6 Å². The number of benzene rings is 1. The van der Waals surface area contributed by atoms with E-state index in [4.69, 9.17) is 11.6 Å². The largest absolute Gasteiger partial charge is 0.379 e. The van der Waals surface area contributed by atoms with E-state index >= 15 is 0 Å². The molecule has 0 bridgehead atoms. The Balaban J connectivity index is 2.21. The minimum atomic E-state index is -3.48. The lowest BCUT2D eigenvalue weighted by molar-refractivity contribution is 0.588. The fourth-order valence-electron chi connectivity index (χ4n) is 1.50. The van der Waals surface area contributed by atoms with Gasteiger partial charge in [-0.1, -0.05) is 23.7 Å².